The third-order valence-corrected chi connectivity index (χ3v) is 3.49. The molecule has 0 atom stereocenters. The van der Waals surface area contributed by atoms with E-state index in [1.165, 1.54) is 25.7 Å². The van der Waals surface area contributed by atoms with Crippen LogP contribution in [0.3, 0.4) is 0 Å². The van der Waals surface area contributed by atoms with E-state index in [-0.39, 0.29) is 0 Å². The molecule has 1 fully saturated rings. The lowest BCUT2D eigenvalue weighted by atomic mass is 9.79. The van der Waals surface area contributed by atoms with Gasteiger partial charge in [-0.05, 0) is 36.7 Å². The van der Waals surface area contributed by atoms with Gasteiger partial charge in [-0.1, -0.05) is 64.0 Å². The van der Waals surface area contributed by atoms with Crippen molar-refractivity contribution < 1.29 is 0 Å². The van der Waals surface area contributed by atoms with Gasteiger partial charge in [0, 0.05) is 0 Å². The first-order chi connectivity index (χ1) is 7.86. The molecule has 0 aromatic rings. The zero-order chi connectivity index (χ0) is 11.8. The van der Waals surface area contributed by atoms with Crippen molar-refractivity contribution in [2.24, 2.45) is 11.8 Å². The van der Waals surface area contributed by atoms with Crippen LogP contribution in [0.2, 0.25) is 0 Å². The van der Waals surface area contributed by atoms with Crippen molar-refractivity contribution in [1.82, 2.24) is 0 Å². The highest BCUT2D eigenvalue weighted by molar-refractivity contribution is 5.29. The lowest BCUT2D eigenvalue weighted by Gasteiger charge is -2.26. The highest BCUT2D eigenvalue weighted by Gasteiger charge is 2.19. The molecule has 0 amide bonds. The minimum absolute atomic E-state index is 0.838. The Hall–Kier alpha value is -0.780. The second-order valence-electron chi connectivity index (χ2n) is 4.69. The van der Waals surface area contributed by atoms with Gasteiger partial charge >= 0.3 is 0 Å². The normalized spacial score (nSPS) is 28.8. The fourth-order valence-corrected chi connectivity index (χ4v) is 2.46. The monoisotopic (exact) mass is 218 g/mol. The van der Waals surface area contributed by atoms with E-state index >= 15 is 0 Å². The maximum atomic E-state index is 2.38. The van der Waals surface area contributed by atoms with E-state index in [1.807, 2.05) is 13.8 Å². The van der Waals surface area contributed by atoms with Crippen LogP contribution < -0.4 is 0 Å². The zero-order valence-corrected chi connectivity index (χ0v) is 11.1. The number of hydrogen-bond donors (Lipinski definition) is 0. The van der Waals surface area contributed by atoms with Crippen LogP contribution in [0.4, 0.5) is 0 Å². The van der Waals surface area contributed by atoms with Gasteiger partial charge < -0.3 is 0 Å². The average Bonchev–Trinajstić information content (AvgIpc) is 2.61. The second kappa shape index (κ2) is 7.49. The summed E-state index contributed by atoms with van der Waals surface area (Å²) in [6.45, 7) is 6.38. The molecule has 2 aliphatic carbocycles. The number of allylic oxidation sites excluding steroid dienone is 6. The summed E-state index contributed by atoms with van der Waals surface area (Å²) < 4.78 is 0. The lowest BCUT2D eigenvalue weighted by molar-refractivity contribution is 0.323. The van der Waals surface area contributed by atoms with E-state index < -0.39 is 0 Å². The smallest absolute Gasteiger partial charge is 0.0162 e. The van der Waals surface area contributed by atoms with Gasteiger partial charge in [0.15, 0.2) is 0 Å². The molecule has 2 aliphatic rings. The predicted octanol–water partition coefficient (Wildman–Crippen LogP) is 5.28. The molecule has 0 spiro atoms. The highest BCUT2D eigenvalue weighted by Crippen LogP contribution is 2.33. The Kier molecular flexibility index (Phi) is 6.22. The van der Waals surface area contributed by atoms with E-state index in [0.717, 1.165) is 18.3 Å². The SMILES string of the molecule is CC.CC1CCC(C2=CC=CCC=C2)CC1. The molecule has 0 radical (unpaired) electrons. The summed E-state index contributed by atoms with van der Waals surface area (Å²) in [5.74, 6) is 1.79. The fraction of sp³-hybridized carbons (Fsp3) is 0.625. The van der Waals surface area contributed by atoms with Gasteiger partial charge in [0.05, 0.1) is 0 Å². The van der Waals surface area contributed by atoms with Crippen LogP contribution in [0.5, 0.6) is 0 Å². The first kappa shape index (κ1) is 13.3. The van der Waals surface area contributed by atoms with Gasteiger partial charge in [0.2, 0.25) is 0 Å². The Morgan fingerprint density at radius 2 is 1.69 bits per heavy atom. The molecule has 0 aromatic carbocycles. The molecular weight excluding hydrogens is 192 g/mol. The van der Waals surface area contributed by atoms with E-state index in [4.69, 9.17) is 0 Å². The van der Waals surface area contributed by atoms with Gasteiger partial charge in [0.25, 0.3) is 0 Å². The summed E-state index contributed by atoms with van der Waals surface area (Å²) in [6.07, 6.45) is 18.1. The molecule has 2 rings (SSSR count). The average molecular weight is 218 g/mol. The Morgan fingerprint density at radius 1 is 1.00 bits per heavy atom. The van der Waals surface area contributed by atoms with E-state index in [1.54, 1.807) is 5.57 Å². The van der Waals surface area contributed by atoms with Crippen LogP contribution in [0.25, 0.3) is 0 Å². The van der Waals surface area contributed by atoms with Crippen molar-refractivity contribution in [2.45, 2.75) is 52.9 Å². The zero-order valence-electron chi connectivity index (χ0n) is 11.1. The Balaban J connectivity index is 0.000000606. The van der Waals surface area contributed by atoms with Crippen LogP contribution in [0.15, 0.2) is 36.0 Å². The fourth-order valence-electron chi connectivity index (χ4n) is 2.46. The first-order valence-electron chi connectivity index (χ1n) is 6.89. The summed E-state index contributed by atoms with van der Waals surface area (Å²) in [6, 6.07) is 0. The Bertz CT molecular complexity index is 260. The standard InChI is InChI=1S/C14H20.C2H6/c1-12-8-10-14(11-9-12)13-6-4-2-3-5-7-13;1-2/h2,4-7,12,14H,3,8-11H2,1H3;1-2H3. The molecule has 0 heteroatoms. The molecule has 0 nitrogen and oxygen atoms in total. The van der Waals surface area contributed by atoms with Crippen LogP contribution in [0.1, 0.15) is 52.9 Å². The second-order valence-corrected chi connectivity index (χ2v) is 4.69. The molecule has 0 saturated heterocycles. The minimum atomic E-state index is 0.838. The molecular formula is C16H26. The van der Waals surface area contributed by atoms with E-state index in [9.17, 15) is 0 Å². The van der Waals surface area contributed by atoms with E-state index in [2.05, 4.69) is 37.3 Å². The Labute approximate surface area is 101 Å². The first-order valence-corrected chi connectivity index (χ1v) is 6.89. The maximum Gasteiger partial charge on any atom is -0.0162 e. The van der Waals surface area contributed by atoms with E-state index in [0.29, 0.717) is 0 Å². The molecule has 0 aliphatic heterocycles. The van der Waals surface area contributed by atoms with Crippen molar-refractivity contribution in [3.63, 3.8) is 0 Å². The molecule has 1 saturated carbocycles. The van der Waals surface area contributed by atoms with Gasteiger partial charge in [-0.2, -0.15) is 0 Å². The van der Waals surface area contributed by atoms with Gasteiger partial charge in [-0.25, -0.2) is 0 Å². The molecule has 90 valence electrons. The van der Waals surface area contributed by atoms with Crippen LogP contribution in [0, 0.1) is 11.8 Å². The maximum absolute atomic E-state index is 2.38. The van der Waals surface area contributed by atoms with Gasteiger partial charge in [-0.15, -0.1) is 0 Å². The molecule has 0 unspecified atom stereocenters. The van der Waals surface area contributed by atoms with Crippen molar-refractivity contribution in [3.8, 4) is 0 Å². The quantitative estimate of drug-likeness (QED) is 0.561. The molecule has 0 N–H and O–H groups in total. The van der Waals surface area contributed by atoms with Crippen molar-refractivity contribution >= 4 is 0 Å². The van der Waals surface area contributed by atoms with Crippen LogP contribution in [-0.2, 0) is 0 Å². The molecule has 0 bridgehead atoms. The summed E-state index contributed by atoms with van der Waals surface area (Å²) in [5.41, 5.74) is 1.56. The third kappa shape index (κ3) is 4.00. The minimum Gasteiger partial charge on any atom is -0.0807 e. The summed E-state index contributed by atoms with van der Waals surface area (Å²) in [7, 11) is 0. The third-order valence-electron chi connectivity index (χ3n) is 3.49. The summed E-state index contributed by atoms with van der Waals surface area (Å²) in [5, 5.41) is 0. The summed E-state index contributed by atoms with van der Waals surface area (Å²) >= 11 is 0. The van der Waals surface area contributed by atoms with Crippen LogP contribution in [-0.4, -0.2) is 0 Å². The topological polar surface area (TPSA) is 0 Å². The van der Waals surface area contributed by atoms with Crippen molar-refractivity contribution in [2.75, 3.05) is 0 Å². The molecule has 0 aromatic heterocycles. The highest BCUT2D eigenvalue weighted by atomic mass is 14.2. The van der Waals surface area contributed by atoms with Gasteiger partial charge in [0.1, 0.15) is 0 Å². The number of hydrogen-bond acceptors (Lipinski definition) is 0. The Morgan fingerprint density at radius 3 is 2.38 bits per heavy atom. The van der Waals surface area contributed by atoms with Gasteiger partial charge in [-0.3, -0.25) is 0 Å². The molecule has 0 heterocycles. The number of rotatable bonds is 1. The summed E-state index contributed by atoms with van der Waals surface area (Å²) in [4.78, 5) is 0. The van der Waals surface area contributed by atoms with Crippen LogP contribution >= 0.6 is 0 Å². The largest absolute Gasteiger partial charge is 0.0807 e. The lowest BCUT2D eigenvalue weighted by Crippen LogP contribution is -2.13. The van der Waals surface area contributed by atoms with Crippen molar-refractivity contribution in [1.29, 1.82) is 0 Å². The van der Waals surface area contributed by atoms with Crippen molar-refractivity contribution in [3.05, 3.63) is 36.0 Å². The molecule has 16 heavy (non-hydrogen) atoms. The predicted molar refractivity (Wildman–Crippen MR) is 73.5 cm³/mol.